The van der Waals surface area contributed by atoms with Gasteiger partial charge in [-0.3, -0.25) is 0 Å². The van der Waals surface area contributed by atoms with Gasteiger partial charge < -0.3 is 9.15 Å². The molecular formula is C11H7BrN2O2. The quantitative estimate of drug-likeness (QED) is 0.686. The Morgan fingerprint density at radius 3 is 3.06 bits per heavy atom. The molecule has 0 amide bonds. The van der Waals surface area contributed by atoms with Gasteiger partial charge in [-0.1, -0.05) is 0 Å². The fraction of sp³-hybridized carbons (Fsp3) is 0.0909. The van der Waals surface area contributed by atoms with Crippen molar-refractivity contribution in [3.05, 3.63) is 29.1 Å². The van der Waals surface area contributed by atoms with Crippen molar-refractivity contribution in [2.75, 3.05) is 7.11 Å². The van der Waals surface area contributed by atoms with Crippen molar-refractivity contribution in [1.29, 1.82) is 0 Å². The van der Waals surface area contributed by atoms with Crippen LogP contribution in [0.15, 0.2) is 33.5 Å². The Bertz CT molecular complexity index is 678. The second-order valence-corrected chi connectivity index (χ2v) is 4.15. The predicted octanol–water partition coefficient (Wildman–Crippen LogP) is 3.15. The number of aromatic nitrogens is 2. The Morgan fingerprint density at radius 1 is 1.38 bits per heavy atom. The van der Waals surface area contributed by atoms with Gasteiger partial charge in [0.05, 0.1) is 18.7 Å². The number of methoxy groups -OCH3 is 1. The highest BCUT2D eigenvalue weighted by atomic mass is 79.9. The maximum Gasteiger partial charge on any atom is 0.180 e. The minimum atomic E-state index is 0.655. The molecule has 0 atom stereocenters. The average Bonchev–Trinajstić information content (AvgIpc) is 2.69. The Balaban J connectivity index is 2.58. The molecule has 0 aliphatic rings. The number of hydrogen-bond acceptors (Lipinski definition) is 4. The third-order valence-electron chi connectivity index (χ3n) is 2.42. The Hall–Kier alpha value is -1.62. The minimum Gasteiger partial charge on any atom is -0.493 e. The molecular weight excluding hydrogens is 272 g/mol. The van der Waals surface area contributed by atoms with Gasteiger partial charge in [0, 0.05) is 4.47 Å². The normalized spacial score (nSPS) is 11.1. The summed E-state index contributed by atoms with van der Waals surface area (Å²) in [6.45, 7) is 0. The van der Waals surface area contributed by atoms with Gasteiger partial charge >= 0.3 is 0 Å². The van der Waals surface area contributed by atoms with Crippen LogP contribution < -0.4 is 4.74 Å². The molecule has 2 aromatic heterocycles. The molecule has 5 heteroatoms. The van der Waals surface area contributed by atoms with Crippen LogP contribution in [0.2, 0.25) is 0 Å². The first-order chi connectivity index (χ1) is 7.81. The average molecular weight is 279 g/mol. The van der Waals surface area contributed by atoms with Gasteiger partial charge in [-0.2, -0.15) is 0 Å². The molecule has 3 aromatic rings. The lowest BCUT2D eigenvalue weighted by Gasteiger charge is -2.00. The summed E-state index contributed by atoms with van der Waals surface area (Å²) in [7, 11) is 1.61. The van der Waals surface area contributed by atoms with Gasteiger partial charge in [0.2, 0.25) is 0 Å². The maximum absolute atomic E-state index is 5.68. The SMILES string of the molecule is COc1ccc(Br)c2c1oc1cncnc12. The molecule has 2 heterocycles. The van der Waals surface area contributed by atoms with E-state index in [1.165, 1.54) is 6.33 Å². The molecule has 80 valence electrons. The van der Waals surface area contributed by atoms with Crippen LogP contribution >= 0.6 is 15.9 Å². The summed E-state index contributed by atoms with van der Waals surface area (Å²) in [4.78, 5) is 8.15. The predicted molar refractivity (Wildman–Crippen MR) is 63.6 cm³/mol. The standard InChI is InChI=1S/C11H7BrN2O2/c1-15-7-3-2-6(12)9-10-8(16-11(7)9)4-13-5-14-10/h2-5H,1H3. The summed E-state index contributed by atoms with van der Waals surface area (Å²) in [5.41, 5.74) is 2.13. The van der Waals surface area contributed by atoms with Crippen molar-refractivity contribution in [3.63, 3.8) is 0 Å². The number of nitrogens with zero attached hydrogens (tertiary/aromatic N) is 2. The van der Waals surface area contributed by atoms with Gasteiger partial charge in [-0.15, -0.1) is 0 Å². The van der Waals surface area contributed by atoms with Crippen LogP contribution in [-0.2, 0) is 0 Å². The van der Waals surface area contributed by atoms with Crippen LogP contribution in [0.1, 0.15) is 0 Å². The van der Waals surface area contributed by atoms with E-state index in [1.54, 1.807) is 13.3 Å². The van der Waals surface area contributed by atoms with E-state index in [0.29, 0.717) is 16.9 Å². The van der Waals surface area contributed by atoms with E-state index < -0.39 is 0 Å². The van der Waals surface area contributed by atoms with E-state index in [-0.39, 0.29) is 0 Å². The van der Waals surface area contributed by atoms with Crippen LogP contribution in [0.4, 0.5) is 0 Å². The van der Waals surface area contributed by atoms with E-state index >= 15 is 0 Å². The molecule has 0 fully saturated rings. The zero-order valence-electron chi connectivity index (χ0n) is 8.40. The molecule has 3 rings (SSSR count). The number of benzene rings is 1. The zero-order chi connectivity index (χ0) is 11.1. The van der Waals surface area contributed by atoms with Crippen molar-refractivity contribution in [1.82, 2.24) is 9.97 Å². The molecule has 4 nitrogen and oxygen atoms in total. The molecule has 0 saturated carbocycles. The van der Waals surface area contributed by atoms with E-state index in [2.05, 4.69) is 25.9 Å². The van der Waals surface area contributed by atoms with Crippen LogP contribution in [0.5, 0.6) is 5.75 Å². The topological polar surface area (TPSA) is 48.2 Å². The summed E-state index contributed by atoms with van der Waals surface area (Å²) in [5.74, 6) is 0.691. The fourth-order valence-electron chi connectivity index (χ4n) is 1.71. The minimum absolute atomic E-state index is 0.655. The van der Waals surface area contributed by atoms with E-state index in [0.717, 1.165) is 15.4 Å². The number of rotatable bonds is 1. The van der Waals surface area contributed by atoms with Crippen LogP contribution in [0.25, 0.3) is 22.1 Å². The first kappa shape index (κ1) is 9.59. The Kier molecular flexibility index (Phi) is 2.07. The van der Waals surface area contributed by atoms with Gasteiger partial charge in [-0.25, -0.2) is 9.97 Å². The summed E-state index contributed by atoms with van der Waals surface area (Å²) in [5, 5.41) is 0.914. The highest BCUT2D eigenvalue weighted by Crippen LogP contribution is 2.37. The number of ether oxygens (including phenoxy) is 1. The molecule has 0 radical (unpaired) electrons. The number of fused-ring (bicyclic) bond motifs is 3. The molecule has 0 saturated heterocycles. The summed E-state index contributed by atoms with van der Waals surface area (Å²) >= 11 is 3.48. The van der Waals surface area contributed by atoms with Crippen molar-refractivity contribution < 1.29 is 9.15 Å². The molecule has 0 aliphatic heterocycles. The molecule has 0 N–H and O–H groups in total. The Morgan fingerprint density at radius 2 is 2.25 bits per heavy atom. The van der Waals surface area contributed by atoms with Gasteiger partial charge in [0.25, 0.3) is 0 Å². The van der Waals surface area contributed by atoms with E-state index in [9.17, 15) is 0 Å². The van der Waals surface area contributed by atoms with Crippen LogP contribution in [-0.4, -0.2) is 17.1 Å². The van der Waals surface area contributed by atoms with Crippen LogP contribution in [0, 0.1) is 0 Å². The fourth-order valence-corrected chi connectivity index (χ4v) is 2.21. The number of hydrogen-bond donors (Lipinski definition) is 0. The lowest BCUT2D eigenvalue weighted by molar-refractivity contribution is 0.412. The van der Waals surface area contributed by atoms with Gasteiger partial charge in [0.1, 0.15) is 11.8 Å². The summed E-state index contributed by atoms with van der Waals surface area (Å²) in [6, 6.07) is 3.76. The monoisotopic (exact) mass is 278 g/mol. The first-order valence-corrected chi connectivity index (χ1v) is 5.45. The molecule has 0 bridgehead atoms. The molecule has 16 heavy (non-hydrogen) atoms. The largest absolute Gasteiger partial charge is 0.493 e. The second-order valence-electron chi connectivity index (χ2n) is 3.29. The first-order valence-electron chi connectivity index (χ1n) is 4.66. The maximum atomic E-state index is 5.68. The zero-order valence-corrected chi connectivity index (χ0v) is 9.98. The highest BCUT2D eigenvalue weighted by Gasteiger charge is 2.14. The highest BCUT2D eigenvalue weighted by molar-refractivity contribution is 9.10. The number of halogens is 1. The smallest absolute Gasteiger partial charge is 0.180 e. The lowest BCUT2D eigenvalue weighted by Crippen LogP contribution is -1.83. The van der Waals surface area contributed by atoms with Crippen molar-refractivity contribution in [2.24, 2.45) is 0 Å². The molecule has 0 unspecified atom stereocenters. The van der Waals surface area contributed by atoms with E-state index in [4.69, 9.17) is 9.15 Å². The van der Waals surface area contributed by atoms with E-state index in [1.807, 2.05) is 12.1 Å². The lowest BCUT2D eigenvalue weighted by atomic mass is 10.2. The summed E-state index contributed by atoms with van der Waals surface area (Å²) < 4.78 is 11.9. The van der Waals surface area contributed by atoms with Crippen molar-refractivity contribution in [2.45, 2.75) is 0 Å². The van der Waals surface area contributed by atoms with Gasteiger partial charge in [0.15, 0.2) is 16.9 Å². The third-order valence-corrected chi connectivity index (χ3v) is 3.08. The molecule has 1 aromatic carbocycles. The molecule has 0 spiro atoms. The van der Waals surface area contributed by atoms with Crippen molar-refractivity contribution >= 4 is 38.0 Å². The van der Waals surface area contributed by atoms with Crippen LogP contribution in [0.3, 0.4) is 0 Å². The molecule has 0 aliphatic carbocycles. The van der Waals surface area contributed by atoms with Gasteiger partial charge in [-0.05, 0) is 28.1 Å². The second kappa shape index (κ2) is 3.45. The van der Waals surface area contributed by atoms with Crippen molar-refractivity contribution in [3.8, 4) is 5.75 Å². The summed E-state index contributed by atoms with van der Waals surface area (Å²) in [6.07, 6.45) is 3.15. The Labute approximate surface area is 99.4 Å². The third kappa shape index (κ3) is 1.21. The number of furan rings is 1.